The molecule has 0 atom stereocenters. The smallest absolute Gasteiger partial charge is 0.255 e. The number of halogens is 2. The molecule has 1 N–H and O–H groups in total. The lowest BCUT2D eigenvalue weighted by atomic mass is 10.2. The van der Waals surface area contributed by atoms with Crippen molar-refractivity contribution in [2.75, 3.05) is 5.32 Å². The van der Waals surface area contributed by atoms with Gasteiger partial charge in [-0.05, 0) is 56.3 Å². The summed E-state index contributed by atoms with van der Waals surface area (Å²) in [6.45, 7) is 3.92. The van der Waals surface area contributed by atoms with Crippen molar-refractivity contribution in [2.24, 2.45) is 0 Å². The van der Waals surface area contributed by atoms with Crippen molar-refractivity contribution >= 4 is 34.8 Å². The van der Waals surface area contributed by atoms with Gasteiger partial charge in [0.25, 0.3) is 5.91 Å². The molecule has 0 heterocycles. The Morgan fingerprint density at radius 3 is 2.29 bits per heavy atom. The maximum Gasteiger partial charge on any atom is 0.255 e. The Morgan fingerprint density at radius 2 is 1.71 bits per heavy atom. The van der Waals surface area contributed by atoms with Crippen LogP contribution < -0.4 is 10.1 Å². The molecule has 0 aliphatic carbocycles. The molecular weight excluding hydrogens is 309 g/mol. The molecule has 0 saturated carbocycles. The standard InChI is InChI=1S/C16H15Cl2NO2/c1-10(2)21-13-6-4-12(5-7-13)19-16(20)11-3-8-14(17)15(18)9-11/h3-10H,1-2H3,(H,19,20). The molecule has 0 spiro atoms. The average Bonchev–Trinajstić information content (AvgIpc) is 2.43. The monoisotopic (exact) mass is 323 g/mol. The summed E-state index contributed by atoms with van der Waals surface area (Å²) < 4.78 is 5.54. The Labute approximate surface area is 133 Å². The number of ether oxygens (including phenoxy) is 1. The molecule has 2 aromatic carbocycles. The fourth-order valence-electron chi connectivity index (χ4n) is 1.73. The lowest BCUT2D eigenvalue weighted by Crippen LogP contribution is -2.12. The highest BCUT2D eigenvalue weighted by molar-refractivity contribution is 6.42. The maximum atomic E-state index is 12.1. The molecule has 0 aromatic heterocycles. The van der Waals surface area contributed by atoms with Gasteiger partial charge in [0.15, 0.2) is 0 Å². The zero-order valence-electron chi connectivity index (χ0n) is 11.7. The first-order chi connectivity index (χ1) is 9.95. The second-order valence-electron chi connectivity index (χ2n) is 4.77. The van der Waals surface area contributed by atoms with Crippen LogP contribution in [0.4, 0.5) is 5.69 Å². The van der Waals surface area contributed by atoms with E-state index < -0.39 is 0 Å². The fraction of sp³-hybridized carbons (Fsp3) is 0.188. The third kappa shape index (κ3) is 4.38. The molecule has 3 nitrogen and oxygen atoms in total. The molecule has 21 heavy (non-hydrogen) atoms. The molecule has 1 amide bonds. The summed E-state index contributed by atoms with van der Waals surface area (Å²) in [5, 5.41) is 3.56. The lowest BCUT2D eigenvalue weighted by molar-refractivity contribution is 0.102. The number of hydrogen-bond acceptors (Lipinski definition) is 2. The van der Waals surface area contributed by atoms with Gasteiger partial charge in [-0.3, -0.25) is 4.79 Å². The van der Waals surface area contributed by atoms with E-state index in [0.717, 1.165) is 5.75 Å². The summed E-state index contributed by atoms with van der Waals surface area (Å²) in [5.74, 6) is 0.517. The number of nitrogens with one attached hydrogen (secondary N) is 1. The minimum Gasteiger partial charge on any atom is -0.491 e. The van der Waals surface area contributed by atoms with E-state index in [1.165, 1.54) is 6.07 Å². The SMILES string of the molecule is CC(C)Oc1ccc(NC(=O)c2ccc(Cl)c(Cl)c2)cc1. The molecule has 0 bridgehead atoms. The maximum absolute atomic E-state index is 12.1. The Balaban J connectivity index is 2.06. The normalized spacial score (nSPS) is 10.5. The van der Waals surface area contributed by atoms with E-state index >= 15 is 0 Å². The molecule has 2 rings (SSSR count). The molecule has 0 fully saturated rings. The number of benzene rings is 2. The summed E-state index contributed by atoms with van der Waals surface area (Å²) in [7, 11) is 0. The zero-order valence-corrected chi connectivity index (χ0v) is 13.2. The second kappa shape index (κ2) is 6.83. The van der Waals surface area contributed by atoms with Crippen LogP contribution in [0.3, 0.4) is 0 Å². The van der Waals surface area contributed by atoms with Crippen LogP contribution in [0.5, 0.6) is 5.75 Å². The highest BCUT2D eigenvalue weighted by atomic mass is 35.5. The predicted molar refractivity (Wildman–Crippen MR) is 86.6 cm³/mol. The Morgan fingerprint density at radius 1 is 1.05 bits per heavy atom. The minimum atomic E-state index is -0.244. The Bertz CT molecular complexity index is 639. The Hall–Kier alpha value is -1.71. The van der Waals surface area contributed by atoms with Crippen molar-refractivity contribution in [2.45, 2.75) is 20.0 Å². The summed E-state index contributed by atoms with van der Waals surface area (Å²) in [4.78, 5) is 12.1. The van der Waals surface area contributed by atoms with Crippen molar-refractivity contribution in [3.63, 3.8) is 0 Å². The third-order valence-electron chi connectivity index (χ3n) is 2.67. The highest BCUT2D eigenvalue weighted by Crippen LogP contribution is 2.23. The van der Waals surface area contributed by atoms with Crippen molar-refractivity contribution in [1.82, 2.24) is 0 Å². The van der Waals surface area contributed by atoms with Crippen LogP contribution in [0, 0.1) is 0 Å². The summed E-state index contributed by atoms with van der Waals surface area (Å²) >= 11 is 11.7. The van der Waals surface area contributed by atoms with Gasteiger partial charge in [-0.2, -0.15) is 0 Å². The van der Waals surface area contributed by atoms with Gasteiger partial charge < -0.3 is 10.1 Å². The van der Waals surface area contributed by atoms with E-state index in [-0.39, 0.29) is 12.0 Å². The first-order valence-electron chi connectivity index (χ1n) is 6.49. The van der Waals surface area contributed by atoms with Crippen LogP contribution in [0.2, 0.25) is 10.0 Å². The molecular formula is C16H15Cl2NO2. The van der Waals surface area contributed by atoms with E-state index in [1.54, 1.807) is 24.3 Å². The van der Waals surface area contributed by atoms with Gasteiger partial charge in [0.1, 0.15) is 5.75 Å². The van der Waals surface area contributed by atoms with Gasteiger partial charge in [0.05, 0.1) is 16.1 Å². The molecule has 2 aromatic rings. The Kier molecular flexibility index (Phi) is 5.10. The van der Waals surface area contributed by atoms with Crippen LogP contribution in [0.15, 0.2) is 42.5 Å². The number of carbonyl (C=O) groups excluding carboxylic acids is 1. The third-order valence-corrected chi connectivity index (χ3v) is 3.40. The van der Waals surface area contributed by atoms with Crippen LogP contribution in [0.25, 0.3) is 0 Å². The fourth-order valence-corrected chi connectivity index (χ4v) is 2.03. The quantitative estimate of drug-likeness (QED) is 0.856. The molecule has 110 valence electrons. The van der Waals surface area contributed by atoms with Gasteiger partial charge in [0, 0.05) is 11.3 Å². The van der Waals surface area contributed by atoms with Gasteiger partial charge in [-0.25, -0.2) is 0 Å². The second-order valence-corrected chi connectivity index (χ2v) is 5.59. The van der Waals surface area contributed by atoms with Crippen LogP contribution >= 0.6 is 23.2 Å². The van der Waals surface area contributed by atoms with Crippen LogP contribution in [0.1, 0.15) is 24.2 Å². The van der Waals surface area contributed by atoms with E-state index in [9.17, 15) is 4.79 Å². The van der Waals surface area contributed by atoms with Crippen molar-refractivity contribution in [1.29, 1.82) is 0 Å². The van der Waals surface area contributed by atoms with Gasteiger partial charge in [-0.15, -0.1) is 0 Å². The molecule has 5 heteroatoms. The first kappa shape index (κ1) is 15.7. The summed E-state index contributed by atoms with van der Waals surface area (Å²) in [5.41, 5.74) is 1.13. The molecule has 0 aliphatic heterocycles. The van der Waals surface area contributed by atoms with E-state index in [2.05, 4.69) is 5.32 Å². The number of anilines is 1. The van der Waals surface area contributed by atoms with Crippen molar-refractivity contribution < 1.29 is 9.53 Å². The van der Waals surface area contributed by atoms with Gasteiger partial charge in [0.2, 0.25) is 0 Å². The molecule has 0 radical (unpaired) electrons. The molecule has 0 saturated heterocycles. The van der Waals surface area contributed by atoms with Gasteiger partial charge >= 0.3 is 0 Å². The number of hydrogen-bond donors (Lipinski definition) is 1. The summed E-state index contributed by atoms with van der Waals surface area (Å²) in [6.07, 6.45) is 0.113. The summed E-state index contributed by atoms with van der Waals surface area (Å²) in [6, 6.07) is 11.9. The van der Waals surface area contributed by atoms with Crippen LogP contribution in [-0.4, -0.2) is 12.0 Å². The number of carbonyl (C=O) groups is 1. The lowest BCUT2D eigenvalue weighted by Gasteiger charge is -2.11. The zero-order chi connectivity index (χ0) is 15.4. The van der Waals surface area contributed by atoms with Crippen LogP contribution in [-0.2, 0) is 0 Å². The largest absolute Gasteiger partial charge is 0.491 e. The van der Waals surface area contributed by atoms with E-state index in [1.807, 2.05) is 26.0 Å². The molecule has 0 unspecified atom stereocenters. The first-order valence-corrected chi connectivity index (χ1v) is 7.24. The van der Waals surface area contributed by atoms with E-state index in [4.69, 9.17) is 27.9 Å². The topological polar surface area (TPSA) is 38.3 Å². The average molecular weight is 324 g/mol. The van der Waals surface area contributed by atoms with Gasteiger partial charge in [-0.1, -0.05) is 23.2 Å². The molecule has 0 aliphatic rings. The number of amides is 1. The van der Waals surface area contributed by atoms with Crippen molar-refractivity contribution in [3.8, 4) is 5.75 Å². The van der Waals surface area contributed by atoms with Crippen molar-refractivity contribution in [3.05, 3.63) is 58.1 Å². The van der Waals surface area contributed by atoms with E-state index in [0.29, 0.717) is 21.3 Å². The predicted octanol–water partition coefficient (Wildman–Crippen LogP) is 5.03. The highest BCUT2D eigenvalue weighted by Gasteiger charge is 2.08. The number of rotatable bonds is 4. The minimum absolute atomic E-state index is 0.113.